The summed E-state index contributed by atoms with van der Waals surface area (Å²) < 4.78 is 5.78. The summed E-state index contributed by atoms with van der Waals surface area (Å²) >= 11 is 0. The van der Waals surface area contributed by atoms with Gasteiger partial charge in [-0.05, 0) is 81.1 Å². The van der Waals surface area contributed by atoms with E-state index in [0.717, 1.165) is 23.4 Å². The summed E-state index contributed by atoms with van der Waals surface area (Å²) in [7, 11) is 0. The standard InChI is InChI=1S/C23H30N2O2/c1-17-6-11-22(14-18(17)2)27-19(3)23(26)24-15-20-7-9-21(10-8-20)16-25-12-4-5-13-25/h6-11,14,19H,4-5,12-13,15-16H2,1-3H3,(H,24,26). The lowest BCUT2D eigenvalue weighted by molar-refractivity contribution is -0.127. The van der Waals surface area contributed by atoms with Crippen molar-refractivity contribution in [3.05, 3.63) is 64.7 Å². The molecule has 144 valence electrons. The summed E-state index contributed by atoms with van der Waals surface area (Å²) in [4.78, 5) is 14.8. The first-order valence-electron chi connectivity index (χ1n) is 9.83. The van der Waals surface area contributed by atoms with Crippen LogP contribution in [0.3, 0.4) is 0 Å². The molecule has 27 heavy (non-hydrogen) atoms. The first kappa shape index (κ1) is 19.4. The highest BCUT2D eigenvalue weighted by molar-refractivity contribution is 5.80. The Balaban J connectivity index is 1.46. The van der Waals surface area contributed by atoms with Crippen LogP contribution in [0.1, 0.15) is 42.0 Å². The van der Waals surface area contributed by atoms with Crippen LogP contribution in [-0.2, 0) is 17.9 Å². The van der Waals surface area contributed by atoms with E-state index in [1.807, 2.05) is 25.1 Å². The van der Waals surface area contributed by atoms with Gasteiger partial charge in [0.05, 0.1) is 0 Å². The van der Waals surface area contributed by atoms with Crippen LogP contribution in [0, 0.1) is 13.8 Å². The minimum Gasteiger partial charge on any atom is -0.481 e. The largest absolute Gasteiger partial charge is 0.481 e. The van der Waals surface area contributed by atoms with Crippen molar-refractivity contribution in [3.63, 3.8) is 0 Å². The third-order valence-corrected chi connectivity index (χ3v) is 5.26. The third-order valence-electron chi connectivity index (χ3n) is 5.26. The molecule has 0 saturated carbocycles. The van der Waals surface area contributed by atoms with Gasteiger partial charge in [-0.2, -0.15) is 0 Å². The number of nitrogens with zero attached hydrogens (tertiary/aromatic N) is 1. The van der Waals surface area contributed by atoms with Gasteiger partial charge in [0.15, 0.2) is 6.10 Å². The fourth-order valence-electron chi connectivity index (χ4n) is 3.34. The number of carbonyl (C=O) groups excluding carboxylic acids is 1. The van der Waals surface area contributed by atoms with Gasteiger partial charge in [0.2, 0.25) is 0 Å². The lowest BCUT2D eigenvalue weighted by Gasteiger charge is -2.16. The lowest BCUT2D eigenvalue weighted by Crippen LogP contribution is -2.35. The van der Waals surface area contributed by atoms with Gasteiger partial charge in [-0.15, -0.1) is 0 Å². The van der Waals surface area contributed by atoms with Gasteiger partial charge in [-0.25, -0.2) is 0 Å². The van der Waals surface area contributed by atoms with Crippen molar-refractivity contribution in [2.75, 3.05) is 13.1 Å². The van der Waals surface area contributed by atoms with Crippen molar-refractivity contribution in [2.24, 2.45) is 0 Å². The van der Waals surface area contributed by atoms with E-state index in [9.17, 15) is 4.79 Å². The van der Waals surface area contributed by atoms with Gasteiger partial charge in [-0.3, -0.25) is 9.69 Å². The molecule has 1 amide bonds. The molecule has 2 aromatic rings. The van der Waals surface area contributed by atoms with Gasteiger partial charge in [-0.1, -0.05) is 30.3 Å². The molecule has 1 atom stereocenters. The van der Waals surface area contributed by atoms with Crippen LogP contribution in [0.2, 0.25) is 0 Å². The van der Waals surface area contributed by atoms with E-state index >= 15 is 0 Å². The molecule has 1 saturated heterocycles. The Kier molecular flexibility index (Phi) is 6.51. The molecule has 0 bridgehead atoms. The average Bonchev–Trinajstić information content (AvgIpc) is 3.17. The predicted molar refractivity (Wildman–Crippen MR) is 109 cm³/mol. The summed E-state index contributed by atoms with van der Waals surface area (Å²) in [6.07, 6.45) is 2.10. The topological polar surface area (TPSA) is 41.6 Å². The Morgan fingerprint density at radius 3 is 2.37 bits per heavy atom. The van der Waals surface area contributed by atoms with Gasteiger partial charge in [0.25, 0.3) is 5.91 Å². The zero-order chi connectivity index (χ0) is 19.2. The van der Waals surface area contributed by atoms with Gasteiger partial charge < -0.3 is 10.1 Å². The van der Waals surface area contributed by atoms with Crippen molar-refractivity contribution in [3.8, 4) is 5.75 Å². The zero-order valence-electron chi connectivity index (χ0n) is 16.6. The molecule has 2 aromatic carbocycles. The number of rotatable bonds is 7. The second-order valence-electron chi connectivity index (χ2n) is 7.52. The van der Waals surface area contributed by atoms with Crippen molar-refractivity contribution in [1.82, 2.24) is 10.2 Å². The molecule has 0 aliphatic carbocycles. The molecule has 4 nitrogen and oxygen atoms in total. The number of likely N-dealkylation sites (tertiary alicyclic amines) is 1. The molecule has 1 heterocycles. The van der Waals surface area contributed by atoms with Crippen LogP contribution in [-0.4, -0.2) is 30.0 Å². The number of aryl methyl sites for hydroxylation is 2. The smallest absolute Gasteiger partial charge is 0.261 e. The first-order valence-corrected chi connectivity index (χ1v) is 9.83. The Labute approximate surface area is 162 Å². The highest BCUT2D eigenvalue weighted by Crippen LogP contribution is 2.18. The molecule has 0 radical (unpaired) electrons. The van der Waals surface area contributed by atoms with Crippen LogP contribution >= 0.6 is 0 Å². The first-order chi connectivity index (χ1) is 13.0. The molecule has 0 aromatic heterocycles. The number of carbonyl (C=O) groups is 1. The Hall–Kier alpha value is -2.33. The maximum absolute atomic E-state index is 12.3. The Morgan fingerprint density at radius 1 is 1.04 bits per heavy atom. The number of ether oxygens (including phenoxy) is 1. The molecule has 1 unspecified atom stereocenters. The van der Waals surface area contributed by atoms with E-state index in [-0.39, 0.29) is 5.91 Å². The van der Waals surface area contributed by atoms with Crippen LogP contribution in [0.25, 0.3) is 0 Å². The molecule has 1 fully saturated rings. The second kappa shape index (κ2) is 9.05. The normalized spacial score (nSPS) is 15.5. The van der Waals surface area contributed by atoms with Gasteiger partial charge in [0.1, 0.15) is 5.75 Å². The molecule has 1 aliphatic heterocycles. The predicted octanol–water partition coefficient (Wildman–Crippen LogP) is 3.98. The van der Waals surface area contributed by atoms with Crippen molar-refractivity contribution < 1.29 is 9.53 Å². The highest BCUT2D eigenvalue weighted by atomic mass is 16.5. The second-order valence-corrected chi connectivity index (χ2v) is 7.52. The molecule has 3 rings (SSSR count). The molecule has 0 spiro atoms. The quantitative estimate of drug-likeness (QED) is 0.806. The van der Waals surface area contributed by atoms with Crippen LogP contribution in [0.5, 0.6) is 5.75 Å². The lowest BCUT2D eigenvalue weighted by atomic mass is 10.1. The number of hydrogen-bond acceptors (Lipinski definition) is 3. The van der Waals surface area contributed by atoms with E-state index in [4.69, 9.17) is 4.74 Å². The monoisotopic (exact) mass is 366 g/mol. The third kappa shape index (κ3) is 5.57. The number of benzene rings is 2. The number of nitrogens with one attached hydrogen (secondary N) is 1. The zero-order valence-corrected chi connectivity index (χ0v) is 16.6. The van der Waals surface area contributed by atoms with Crippen molar-refractivity contribution >= 4 is 5.91 Å². The van der Waals surface area contributed by atoms with E-state index < -0.39 is 6.10 Å². The van der Waals surface area contributed by atoms with Crippen LogP contribution < -0.4 is 10.1 Å². The summed E-state index contributed by atoms with van der Waals surface area (Å²) in [6, 6.07) is 14.4. The summed E-state index contributed by atoms with van der Waals surface area (Å²) in [5, 5.41) is 2.96. The minimum atomic E-state index is -0.526. The van der Waals surface area contributed by atoms with Crippen LogP contribution in [0.15, 0.2) is 42.5 Å². The van der Waals surface area contributed by atoms with E-state index in [0.29, 0.717) is 6.54 Å². The van der Waals surface area contributed by atoms with E-state index in [1.54, 1.807) is 6.92 Å². The molecular formula is C23H30N2O2. The average molecular weight is 367 g/mol. The highest BCUT2D eigenvalue weighted by Gasteiger charge is 2.15. The maximum Gasteiger partial charge on any atom is 0.261 e. The SMILES string of the molecule is Cc1ccc(OC(C)C(=O)NCc2ccc(CN3CCCC3)cc2)cc1C. The fourth-order valence-corrected chi connectivity index (χ4v) is 3.34. The molecule has 1 aliphatic rings. The number of amides is 1. The van der Waals surface area contributed by atoms with Gasteiger partial charge in [0, 0.05) is 13.1 Å². The molecule has 4 heteroatoms. The van der Waals surface area contributed by atoms with Gasteiger partial charge >= 0.3 is 0 Å². The molecular weight excluding hydrogens is 336 g/mol. The van der Waals surface area contributed by atoms with E-state index in [1.165, 1.54) is 37.1 Å². The number of hydrogen-bond donors (Lipinski definition) is 1. The summed E-state index contributed by atoms with van der Waals surface area (Å²) in [5.41, 5.74) is 4.81. The Bertz CT molecular complexity index is 764. The van der Waals surface area contributed by atoms with Crippen molar-refractivity contribution in [2.45, 2.75) is 52.8 Å². The maximum atomic E-state index is 12.3. The summed E-state index contributed by atoms with van der Waals surface area (Å²) in [6.45, 7) is 9.83. The fraction of sp³-hybridized carbons (Fsp3) is 0.435. The minimum absolute atomic E-state index is 0.102. The van der Waals surface area contributed by atoms with Crippen LogP contribution in [0.4, 0.5) is 0 Å². The molecule has 1 N–H and O–H groups in total. The van der Waals surface area contributed by atoms with Crippen molar-refractivity contribution in [1.29, 1.82) is 0 Å². The summed E-state index contributed by atoms with van der Waals surface area (Å²) in [5.74, 6) is 0.626. The Morgan fingerprint density at radius 2 is 1.70 bits per heavy atom. The van der Waals surface area contributed by atoms with E-state index in [2.05, 4.69) is 41.4 Å².